The third kappa shape index (κ3) is 4.01. The van der Waals surface area contributed by atoms with Crippen LogP contribution in [0.3, 0.4) is 0 Å². The smallest absolute Gasteiger partial charge is 0.217 e. The zero-order valence-electron chi connectivity index (χ0n) is 13.5. The first kappa shape index (κ1) is 17.5. The van der Waals surface area contributed by atoms with Crippen molar-refractivity contribution < 1.29 is 17.8 Å². The predicted molar refractivity (Wildman–Crippen MR) is 88.9 cm³/mol. The summed E-state index contributed by atoms with van der Waals surface area (Å²) in [6, 6.07) is 2.36. The summed E-state index contributed by atoms with van der Waals surface area (Å²) in [6.07, 6.45) is 1.49. The molecule has 1 fully saturated rings. The summed E-state index contributed by atoms with van der Waals surface area (Å²) in [7, 11) is -0.924. The van der Waals surface area contributed by atoms with E-state index in [1.807, 2.05) is 0 Å². The lowest BCUT2D eigenvalue weighted by Crippen LogP contribution is -2.38. The number of anilines is 1. The molecule has 1 aliphatic heterocycles. The van der Waals surface area contributed by atoms with Gasteiger partial charge in [-0.2, -0.15) is 0 Å². The fourth-order valence-corrected chi connectivity index (χ4v) is 3.62. The molecule has 1 aromatic heterocycles. The van der Waals surface area contributed by atoms with Crippen molar-refractivity contribution >= 4 is 22.4 Å². The minimum Gasteiger partial charge on any atom is -0.365 e. The Morgan fingerprint density at radius 2 is 1.92 bits per heavy atom. The van der Waals surface area contributed by atoms with Crippen LogP contribution in [0, 0.1) is 11.6 Å². The Bertz CT molecular complexity index is 793. The van der Waals surface area contributed by atoms with Crippen molar-refractivity contribution in [1.29, 1.82) is 0 Å². The first-order chi connectivity index (χ1) is 11.9. The second-order valence-corrected chi connectivity index (χ2v) is 7.35. The van der Waals surface area contributed by atoms with E-state index in [0.29, 0.717) is 30.3 Å². The van der Waals surface area contributed by atoms with E-state index in [9.17, 15) is 17.8 Å². The molecular weight excluding hydrogens is 352 g/mol. The fourth-order valence-electron chi connectivity index (χ4n) is 2.57. The van der Waals surface area contributed by atoms with Crippen LogP contribution in [0.5, 0.6) is 0 Å². The van der Waals surface area contributed by atoms with E-state index in [1.165, 1.54) is 29.9 Å². The van der Waals surface area contributed by atoms with E-state index in [-0.39, 0.29) is 23.8 Å². The Hall–Kier alpha value is -2.36. The number of carbonyl (C=O) groups is 1. The number of nitrogens with one attached hydrogen (secondary N) is 1. The van der Waals surface area contributed by atoms with Crippen molar-refractivity contribution in [3.63, 3.8) is 0 Å². The molecule has 0 saturated carbocycles. The SMILES string of the molecule is CC(=O)NCc1cn(-c2cc(F)c(N3CCS(=O)CC3)c(F)c2)nn1. The Morgan fingerprint density at radius 3 is 2.52 bits per heavy atom. The highest BCUT2D eigenvalue weighted by Gasteiger charge is 2.23. The lowest BCUT2D eigenvalue weighted by Gasteiger charge is -2.29. The van der Waals surface area contributed by atoms with Crippen molar-refractivity contribution in [2.75, 3.05) is 29.5 Å². The van der Waals surface area contributed by atoms with Gasteiger partial charge in [0, 0.05) is 54.5 Å². The topological polar surface area (TPSA) is 80.1 Å². The molecule has 0 bridgehead atoms. The standard InChI is InChI=1S/C15H17F2N5O2S/c1-10(23)18-8-11-9-22(20-19-11)12-6-13(16)15(14(17)7-12)21-2-4-25(24)5-3-21/h6-7,9H,2-5,8H2,1H3,(H,18,23). The van der Waals surface area contributed by atoms with E-state index in [1.54, 1.807) is 4.90 Å². The first-order valence-corrected chi connectivity index (χ1v) is 9.18. The molecule has 0 unspecified atom stereocenters. The normalized spacial score (nSPS) is 15.4. The van der Waals surface area contributed by atoms with Crippen LogP contribution >= 0.6 is 0 Å². The molecule has 2 aromatic rings. The second kappa shape index (κ2) is 7.26. The van der Waals surface area contributed by atoms with Crippen molar-refractivity contribution in [3.05, 3.63) is 35.7 Å². The molecule has 1 N–H and O–H groups in total. The molecule has 0 radical (unpaired) electrons. The quantitative estimate of drug-likeness (QED) is 0.860. The van der Waals surface area contributed by atoms with Gasteiger partial charge in [-0.25, -0.2) is 13.5 Å². The van der Waals surface area contributed by atoms with Crippen LogP contribution in [0.15, 0.2) is 18.3 Å². The lowest BCUT2D eigenvalue weighted by molar-refractivity contribution is -0.119. The summed E-state index contributed by atoms with van der Waals surface area (Å²) < 4.78 is 41.6. The summed E-state index contributed by atoms with van der Waals surface area (Å²) in [5.74, 6) is -0.825. The number of amides is 1. The number of halogens is 2. The van der Waals surface area contributed by atoms with Gasteiger partial charge < -0.3 is 10.2 Å². The minimum atomic E-state index is -0.924. The largest absolute Gasteiger partial charge is 0.365 e. The molecule has 25 heavy (non-hydrogen) atoms. The summed E-state index contributed by atoms with van der Waals surface area (Å²) >= 11 is 0. The van der Waals surface area contributed by atoms with Gasteiger partial charge in [0.15, 0.2) is 11.6 Å². The van der Waals surface area contributed by atoms with Gasteiger partial charge in [0.2, 0.25) is 5.91 Å². The molecule has 3 rings (SSSR count). The summed E-state index contributed by atoms with van der Waals surface area (Å²) in [4.78, 5) is 12.5. The van der Waals surface area contributed by atoms with Gasteiger partial charge in [-0.05, 0) is 0 Å². The highest BCUT2D eigenvalue weighted by Crippen LogP contribution is 2.27. The fraction of sp³-hybridized carbons (Fsp3) is 0.400. The third-order valence-electron chi connectivity index (χ3n) is 3.82. The average Bonchev–Trinajstić information content (AvgIpc) is 3.03. The van der Waals surface area contributed by atoms with E-state index in [2.05, 4.69) is 15.6 Å². The molecule has 1 aromatic carbocycles. The monoisotopic (exact) mass is 369 g/mol. The number of carbonyl (C=O) groups excluding carboxylic acids is 1. The molecule has 2 heterocycles. The molecule has 7 nitrogen and oxygen atoms in total. The van der Waals surface area contributed by atoms with E-state index in [0.717, 1.165) is 0 Å². The highest BCUT2D eigenvalue weighted by molar-refractivity contribution is 7.85. The molecular formula is C15H17F2N5O2S. The van der Waals surface area contributed by atoms with E-state index >= 15 is 0 Å². The molecule has 1 amide bonds. The maximum atomic E-state index is 14.5. The number of hydrogen-bond donors (Lipinski definition) is 1. The average molecular weight is 369 g/mol. The van der Waals surface area contributed by atoms with Gasteiger partial charge in [0.05, 0.1) is 18.4 Å². The van der Waals surface area contributed by atoms with Gasteiger partial charge in [-0.15, -0.1) is 5.10 Å². The number of hydrogen-bond acceptors (Lipinski definition) is 5. The molecule has 0 atom stereocenters. The maximum absolute atomic E-state index is 14.5. The summed E-state index contributed by atoms with van der Waals surface area (Å²) in [5.41, 5.74) is 0.554. The van der Waals surface area contributed by atoms with E-state index in [4.69, 9.17) is 0 Å². The molecule has 134 valence electrons. The molecule has 0 spiro atoms. The zero-order chi connectivity index (χ0) is 18.0. The lowest BCUT2D eigenvalue weighted by atomic mass is 10.2. The van der Waals surface area contributed by atoms with Crippen LogP contribution < -0.4 is 10.2 Å². The van der Waals surface area contributed by atoms with Crippen LogP contribution in [0.2, 0.25) is 0 Å². The number of rotatable bonds is 4. The third-order valence-corrected chi connectivity index (χ3v) is 5.10. The maximum Gasteiger partial charge on any atom is 0.217 e. The van der Waals surface area contributed by atoms with Crippen LogP contribution in [-0.2, 0) is 22.1 Å². The van der Waals surface area contributed by atoms with Gasteiger partial charge in [-0.1, -0.05) is 5.21 Å². The molecule has 0 aliphatic carbocycles. The van der Waals surface area contributed by atoms with Crippen LogP contribution in [0.4, 0.5) is 14.5 Å². The van der Waals surface area contributed by atoms with Crippen LogP contribution in [-0.4, -0.2) is 49.7 Å². The molecule has 1 aliphatic rings. The van der Waals surface area contributed by atoms with E-state index < -0.39 is 22.4 Å². The molecule has 1 saturated heterocycles. The van der Waals surface area contributed by atoms with Crippen molar-refractivity contribution in [1.82, 2.24) is 20.3 Å². The Labute approximate surface area is 145 Å². The number of benzene rings is 1. The predicted octanol–water partition coefficient (Wildman–Crippen LogP) is 0.750. The highest BCUT2D eigenvalue weighted by atomic mass is 32.2. The van der Waals surface area contributed by atoms with Crippen molar-refractivity contribution in [2.24, 2.45) is 0 Å². The summed E-state index contributed by atoms with van der Waals surface area (Å²) in [6.45, 7) is 2.27. The molecule has 10 heteroatoms. The van der Waals surface area contributed by atoms with Gasteiger partial charge >= 0.3 is 0 Å². The van der Waals surface area contributed by atoms with Gasteiger partial charge in [0.1, 0.15) is 11.4 Å². The first-order valence-electron chi connectivity index (χ1n) is 7.69. The summed E-state index contributed by atoms with van der Waals surface area (Å²) in [5, 5.41) is 10.3. The van der Waals surface area contributed by atoms with Crippen LogP contribution in [0.1, 0.15) is 12.6 Å². The van der Waals surface area contributed by atoms with Gasteiger partial charge in [0.25, 0.3) is 0 Å². The Balaban J connectivity index is 1.82. The van der Waals surface area contributed by atoms with Crippen molar-refractivity contribution in [3.8, 4) is 5.69 Å². The Morgan fingerprint density at radius 1 is 1.28 bits per heavy atom. The zero-order valence-corrected chi connectivity index (χ0v) is 14.4. The van der Waals surface area contributed by atoms with Crippen LogP contribution in [0.25, 0.3) is 5.69 Å². The second-order valence-electron chi connectivity index (χ2n) is 5.66. The van der Waals surface area contributed by atoms with Crippen molar-refractivity contribution in [2.45, 2.75) is 13.5 Å². The van der Waals surface area contributed by atoms with Gasteiger partial charge in [-0.3, -0.25) is 9.00 Å². The Kier molecular flexibility index (Phi) is 5.07. The number of nitrogens with zero attached hydrogens (tertiary/aromatic N) is 4. The minimum absolute atomic E-state index is 0.112. The number of aromatic nitrogens is 3.